The van der Waals surface area contributed by atoms with Crippen LogP contribution >= 0.6 is 0 Å². The number of hydrogen-bond donors (Lipinski definition) is 1. The molecule has 0 radical (unpaired) electrons. The van der Waals surface area contributed by atoms with E-state index in [1.165, 1.54) is 25.3 Å². The molecule has 2 aromatic rings. The molecular formula is C15H13F3N2O3S. The summed E-state index contributed by atoms with van der Waals surface area (Å²) in [7, 11) is -4.27. The van der Waals surface area contributed by atoms with Crippen molar-refractivity contribution < 1.29 is 26.4 Å². The SMILES string of the molecule is CO/N=C(\c1ccccc1)c1ccccc1NS(=O)(=O)C(F)(F)F. The quantitative estimate of drug-likeness (QED) is 0.658. The molecule has 0 heterocycles. The molecule has 2 aromatic carbocycles. The van der Waals surface area contributed by atoms with Crippen molar-refractivity contribution in [2.45, 2.75) is 5.51 Å². The molecule has 0 aliphatic carbocycles. The van der Waals surface area contributed by atoms with Crippen LogP contribution in [-0.2, 0) is 14.9 Å². The summed E-state index contributed by atoms with van der Waals surface area (Å²) in [6, 6.07) is 14.1. The zero-order valence-corrected chi connectivity index (χ0v) is 13.2. The number of nitrogens with zero attached hydrogens (tertiary/aromatic N) is 1. The fourth-order valence-electron chi connectivity index (χ4n) is 1.93. The van der Waals surface area contributed by atoms with Crippen molar-refractivity contribution in [2.24, 2.45) is 5.16 Å². The number of hydrogen-bond acceptors (Lipinski definition) is 4. The van der Waals surface area contributed by atoms with Crippen molar-refractivity contribution in [1.82, 2.24) is 0 Å². The lowest BCUT2D eigenvalue weighted by molar-refractivity contribution is -0.0429. The maximum Gasteiger partial charge on any atom is 0.516 e. The van der Waals surface area contributed by atoms with E-state index in [1.807, 2.05) is 0 Å². The van der Waals surface area contributed by atoms with Gasteiger partial charge in [0.1, 0.15) is 12.8 Å². The first-order valence-corrected chi connectivity index (χ1v) is 8.09. The van der Waals surface area contributed by atoms with Crippen LogP contribution in [0.3, 0.4) is 0 Å². The maximum absolute atomic E-state index is 12.6. The van der Waals surface area contributed by atoms with Gasteiger partial charge in [-0.25, -0.2) is 0 Å². The monoisotopic (exact) mass is 358 g/mol. The molecule has 0 fully saturated rings. The Morgan fingerprint density at radius 2 is 1.62 bits per heavy atom. The Kier molecular flexibility index (Phi) is 5.13. The average molecular weight is 358 g/mol. The fraction of sp³-hybridized carbons (Fsp3) is 0.133. The number of sulfonamides is 1. The summed E-state index contributed by atoms with van der Waals surface area (Å²) in [5.41, 5.74) is -4.78. The highest BCUT2D eigenvalue weighted by Gasteiger charge is 2.46. The molecule has 0 amide bonds. The Bertz CT molecular complexity index is 835. The van der Waals surface area contributed by atoms with Gasteiger partial charge in [-0.2, -0.15) is 21.6 Å². The summed E-state index contributed by atoms with van der Waals surface area (Å²) in [6.07, 6.45) is 0. The number of alkyl halides is 3. The molecule has 24 heavy (non-hydrogen) atoms. The second-order valence-electron chi connectivity index (χ2n) is 4.59. The number of para-hydroxylation sites is 1. The Balaban J connectivity index is 2.54. The molecular weight excluding hydrogens is 345 g/mol. The number of nitrogens with one attached hydrogen (secondary N) is 1. The predicted octanol–water partition coefficient (Wildman–Crippen LogP) is 3.35. The normalized spacial score (nSPS) is 12.8. The topological polar surface area (TPSA) is 67.8 Å². The number of rotatable bonds is 5. The number of halogens is 3. The smallest absolute Gasteiger partial charge is 0.399 e. The van der Waals surface area contributed by atoms with E-state index in [0.29, 0.717) is 5.56 Å². The largest absolute Gasteiger partial charge is 0.516 e. The molecule has 0 aromatic heterocycles. The zero-order valence-electron chi connectivity index (χ0n) is 12.4. The van der Waals surface area contributed by atoms with Gasteiger partial charge in [0.2, 0.25) is 0 Å². The van der Waals surface area contributed by atoms with Gasteiger partial charge in [0.05, 0.1) is 5.69 Å². The van der Waals surface area contributed by atoms with Crippen LogP contribution in [0.2, 0.25) is 0 Å². The summed E-state index contributed by atoms with van der Waals surface area (Å²) in [5.74, 6) is 0. The Labute approximate surface area is 136 Å². The molecule has 0 bridgehead atoms. The highest BCUT2D eigenvalue weighted by Crippen LogP contribution is 2.28. The Morgan fingerprint density at radius 1 is 1.04 bits per heavy atom. The van der Waals surface area contributed by atoms with E-state index < -0.39 is 15.5 Å². The molecule has 128 valence electrons. The maximum atomic E-state index is 12.6. The molecule has 9 heteroatoms. The van der Waals surface area contributed by atoms with Crippen LogP contribution in [0.15, 0.2) is 59.8 Å². The number of oxime groups is 1. The van der Waals surface area contributed by atoms with Crippen LogP contribution < -0.4 is 4.72 Å². The van der Waals surface area contributed by atoms with Crippen LogP contribution in [-0.4, -0.2) is 26.7 Å². The van der Waals surface area contributed by atoms with Crippen LogP contribution in [0, 0.1) is 0 Å². The van der Waals surface area contributed by atoms with Crippen molar-refractivity contribution >= 4 is 21.4 Å². The summed E-state index contributed by atoms with van der Waals surface area (Å²) >= 11 is 0. The average Bonchev–Trinajstić information content (AvgIpc) is 2.53. The molecule has 1 N–H and O–H groups in total. The van der Waals surface area contributed by atoms with Crippen molar-refractivity contribution in [3.05, 3.63) is 65.7 Å². The van der Waals surface area contributed by atoms with Crippen LogP contribution in [0.1, 0.15) is 11.1 Å². The molecule has 5 nitrogen and oxygen atoms in total. The molecule has 0 unspecified atom stereocenters. The third-order valence-corrected chi connectivity index (χ3v) is 4.06. The zero-order chi connectivity index (χ0) is 17.8. The summed E-state index contributed by atoms with van der Waals surface area (Å²) in [4.78, 5) is 4.75. The lowest BCUT2D eigenvalue weighted by Gasteiger charge is -2.15. The molecule has 0 aliphatic heterocycles. The first kappa shape index (κ1) is 17.8. The summed E-state index contributed by atoms with van der Waals surface area (Å²) in [6.45, 7) is 0. The third-order valence-electron chi connectivity index (χ3n) is 2.96. The first-order valence-electron chi connectivity index (χ1n) is 6.61. The second-order valence-corrected chi connectivity index (χ2v) is 6.26. The highest BCUT2D eigenvalue weighted by atomic mass is 32.2. The van der Waals surface area contributed by atoms with Gasteiger partial charge in [-0.05, 0) is 6.07 Å². The van der Waals surface area contributed by atoms with Crippen molar-refractivity contribution in [3.63, 3.8) is 0 Å². The minimum atomic E-state index is -5.55. The van der Waals surface area contributed by atoms with Crippen LogP contribution in [0.4, 0.5) is 18.9 Å². The Morgan fingerprint density at radius 3 is 2.21 bits per heavy atom. The van der Waals surface area contributed by atoms with E-state index in [9.17, 15) is 21.6 Å². The van der Waals surface area contributed by atoms with Crippen molar-refractivity contribution in [1.29, 1.82) is 0 Å². The molecule has 0 spiro atoms. The molecule has 2 rings (SSSR count). The fourth-order valence-corrected chi connectivity index (χ4v) is 2.51. The lowest BCUT2D eigenvalue weighted by atomic mass is 10.0. The Hall–Kier alpha value is -2.55. The van der Waals surface area contributed by atoms with Gasteiger partial charge in [-0.15, -0.1) is 0 Å². The summed E-state index contributed by atoms with van der Waals surface area (Å²) in [5, 5.41) is 3.82. The molecule has 0 aliphatic rings. The van der Waals surface area contributed by atoms with E-state index in [1.54, 1.807) is 41.1 Å². The van der Waals surface area contributed by atoms with E-state index in [-0.39, 0.29) is 17.0 Å². The minimum Gasteiger partial charge on any atom is -0.399 e. The van der Waals surface area contributed by atoms with Gasteiger partial charge < -0.3 is 4.84 Å². The van der Waals surface area contributed by atoms with Gasteiger partial charge in [-0.3, -0.25) is 4.72 Å². The van der Waals surface area contributed by atoms with Gasteiger partial charge in [-0.1, -0.05) is 53.7 Å². The van der Waals surface area contributed by atoms with Gasteiger partial charge >= 0.3 is 15.5 Å². The van der Waals surface area contributed by atoms with E-state index >= 15 is 0 Å². The van der Waals surface area contributed by atoms with Crippen LogP contribution in [0.5, 0.6) is 0 Å². The van der Waals surface area contributed by atoms with Gasteiger partial charge in [0.15, 0.2) is 0 Å². The molecule has 0 saturated carbocycles. The van der Waals surface area contributed by atoms with Gasteiger partial charge in [0.25, 0.3) is 0 Å². The van der Waals surface area contributed by atoms with Crippen molar-refractivity contribution in [3.8, 4) is 0 Å². The third kappa shape index (κ3) is 3.85. The summed E-state index contributed by atoms with van der Waals surface area (Å²) < 4.78 is 62.2. The van der Waals surface area contributed by atoms with Gasteiger partial charge in [0, 0.05) is 11.1 Å². The number of anilines is 1. The van der Waals surface area contributed by atoms with E-state index in [2.05, 4.69) is 5.16 Å². The molecule has 0 saturated heterocycles. The standard InChI is InChI=1S/C15H13F3N2O3S/c1-23-19-14(11-7-3-2-4-8-11)12-9-5-6-10-13(12)20-24(21,22)15(16,17)18/h2-10,20H,1H3/b19-14+. The minimum absolute atomic E-state index is 0.151. The lowest BCUT2D eigenvalue weighted by Crippen LogP contribution is -2.30. The number of benzene rings is 2. The second kappa shape index (κ2) is 6.91. The molecule has 0 atom stereocenters. The van der Waals surface area contributed by atoms with Crippen LogP contribution in [0.25, 0.3) is 0 Å². The highest BCUT2D eigenvalue weighted by molar-refractivity contribution is 7.93. The first-order chi connectivity index (χ1) is 11.3. The van der Waals surface area contributed by atoms with Crippen molar-refractivity contribution in [2.75, 3.05) is 11.8 Å². The van der Waals surface area contributed by atoms with E-state index in [4.69, 9.17) is 4.84 Å². The predicted molar refractivity (Wildman–Crippen MR) is 84.1 cm³/mol. The van der Waals surface area contributed by atoms with E-state index in [0.717, 1.165) is 0 Å².